The fourth-order valence-corrected chi connectivity index (χ4v) is 0.359. The molecule has 0 saturated carbocycles. The third kappa shape index (κ3) is 3.75. The van der Waals surface area contributed by atoms with Crippen LogP contribution >= 0.6 is 0 Å². The first-order chi connectivity index (χ1) is 4.20. The third-order valence-electron chi connectivity index (χ3n) is 0.690. The first-order valence-electron chi connectivity index (χ1n) is 2.58. The number of rotatable bonds is 1. The highest BCUT2D eigenvalue weighted by Gasteiger charge is 1.91. The molecule has 0 aromatic rings. The Hall–Kier alpha value is -0.810. The Kier molecular flexibility index (Phi) is 3.74. The van der Waals surface area contributed by atoms with Gasteiger partial charge in [-0.1, -0.05) is 0 Å². The summed E-state index contributed by atoms with van der Waals surface area (Å²) in [6.07, 6.45) is 0. The smallest absolute Gasteiger partial charge is 0.220 e. The van der Waals surface area contributed by atoms with E-state index in [4.69, 9.17) is 5.84 Å². The molecule has 54 valence electrons. The molecule has 0 aliphatic heterocycles. The average molecular weight is 131 g/mol. The van der Waals surface area contributed by atoms with Crippen molar-refractivity contribution in [2.24, 2.45) is 10.8 Å². The SMILES string of the molecule is CN=C(NN)NN(C)C. The van der Waals surface area contributed by atoms with Gasteiger partial charge < -0.3 is 0 Å². The predicted octanol–water partition coefficient (Wildman–Crippen LogP) is -1.50. The second-order valence-corrected chi connectivity index (χ2v) is 1.72. The molecule has 0 fully saturated rings. The number of nitrogens with one attached hydrogen (secondary N) is 2. The Morgan fingerprint density at radius 1 is 1.56 bits per heavy atom. The summed E-state index contributed by atoms with van der Waals surface area (Å²) in [4.78, 5) is 3.77. The van der Waals surface area contributed by atoms with Gasteiger partial charge in [-0.15, -0.1) is 0 Å². The van der Waals surface area contributed by atoms with Crippen LogP contribution in [-0.2, 0) is 0 Å². The molecule has 4 N–H and O–H groups in total. The van der Waals surface area contributed by atoms with Gasteiger partial charge in [0.2, 0.25) is 5.96 Å². The quantitative estimate of drug-likeness (QED) is 0.175. The normalized spacial score (nSPS) is 11.9. The number of aliphatic imine (C=N–C) groups is 1. The van der Waals surface area contributed by atoms with E-state index in [9.17, 15) is 0 Å². The maximum absolute atomic E-state index is 5.06. The fraction of sp³-hybridized carbons (Fsp3) is 0.750. The minimum absolute atomic E-state index is 0.542. The number of nitrogens with zero attached hydrogens (tertiary/aromatic N) is 2. The van der Waals surface area contributed by atoms with Crippen LogP contribution in [0.4, 0.5) is 0 Å². The summed E-state index contributed by atoms with van der Waals surface area (Å²) in [5.74, 6) is 5.60. The average Bonchev–Trinajstić information content (AvgIpc) is 1.82. The lowest BCUT2D eigenvalue weighted by molar-refractivity contribution is 0.356. The maximum atomic E-state index is 5.06. The fourth-order valence-electron chi connectivity index (χ4n) is 0.359. The van der Waals surface area contributed by atoms with Gasteiger partial charge in [0.1, 0.15) is 0 Å². The van der Waals surface area contributed by atoms with Crippen molar-refractivity contribution in [3.63, 3.8) is 0 Å². The molecule has 9 heavy (non-hydrogen) atoms. The summed E-state index contributed by atoms with van der Waals surface area (Å²) in [6, 6.07) is 0. The largest absolute Gasteiger partial charge is 0.293 e. The summed E-state index contributed by atoms with van der Waals surface area (Å²) in [7, 11) is 5.34. The van der Waals surface area contributed by atoms with E-state index in [-0.39, 0.29) is 0 Å². The molecule has 0 aromatic carbocycles. The van der Waals surface area contributed by atoms with Crippen molar-refractivity contribution in [1.29, 1.82) is 0 Å². The molecule has 0 unspecified atom stereocenters. The van der Waals surface area contributed by atoms with Crippen molar-refractivity contribution >= 4 is 5.96 Å². The van der Waals surface area contributed by atoms with E-state index < -0.39 is 0 Å². The van der Waals surface area contributed by atoms with Gasteiger partial charge >= 0.3 is 0 Å². The van der Waals surface area contributed by atoms with Crippen LogP contribution in [0, 0.1) is 0 Å². The summed E-state index contributed by atoms with van der Waals surface area (Å²) in [6.45, 7) is 0. The van der Waals surface area contributed by atoms with Crippen LogP contribution in [0.5, 0.6) is 0 Å². The molecular formula is C4H13N5. The molecule has 0 bridgehead atoms. The highest BCUT2D eigenvalue weighted by molar-refractivity contribution is 5.78. The number of hydrazine groups is 2. The molecule has 0 radical (unpaired) electrons. The van der Waals surface area contributed by atoms with E-state index in [0.29, 0.717) is 5.96 Å². The first-order valence-corrected chi connectivity index (χ1v) is 2.58. The van der Waals surface area contributed by atoms with E-state index in [1.54, 1.807) is 12.1 Å². The molecule has 5 heteroatoms. The van der Waals surface area contributed by atoms with E-state index in [1.807, 2.05) is 14.1 Å². The van der Waals surface area contributed by atoms with Gasteiger partial charge in [0.25, 0.3) is 0 Å². The van der Waals surface area contributed by atoms with Crippen molar-refractivity contribution in [3.05, 3.63) is 0 Å². The van der Waals surface area contributed by atoms with Crippen LogP contribution in [0.15, 0.2) is 4.99 Å². The lowest BCUT2D eigenvalue weighted by atomic mass is 11.0. The van der Waals surface area contributed by atoms with Crippen molar-refractivity contribution in [2.75, 3.05) is 21.1 Å². The highest BCUT2D eigenvalue weighted by atomic mass is 15.5. The van der Waals surface area contributed by atoms with Crippen LogP contribution in [0.3, 0.4) is 0 Å². The van der Waals surface area contributed by atoms with Crippen molar-refractivity contribution in [3.8, 4) is 0 Å². The lowest BCUT2D eigenvalue weighted by Gasteiger charge is -2.13. The molecule has 5 nitrogen and oxygen atoms in total. The molecule has 0 saturated heterocycles. The second kappa shape index (κ2) is 4.11. The molecule has 0 aliphatic carbocycles. The minimum Gasteiger partial charge on any atom is -0.293 e. The van der Waals surface area contributed by atoms with E-state index in [2.05, 4.69) is 15.8 Å². The van der Waals surface area contributed by atoms with Crippen LogP contribution in [0.1, 0.15) is 0 Å². The Morgan fingerprint density at radius 2 is 2.11 bits per heavy atom. The summed E-state index contributed by atoms with van der Waals surface area (Å²) >= 11 is 0. The topological polar surface area (TPSA) is 65.7 Å². The predicted molar refractivity (Wildman–Crippen MR) is 37.5 cm³/mol. The molecular weight excluding hydrogens is 118 g/mol. The highest BCUT2D eigenvalue weighted by Crippen LogP contribution is 1.64. The molecule has 0 spiro atoms. The Morgan fingerprint density at radius 3 is 2.22 bits per heavy atom. The van der Waals surface area contributed by atoms with Gasteiger partial charge in [-0.2, -0.15) is 0 Å². The zero-order valence-corrected chi connectivity index (χ0v) is 5.97. The Balaban J connectivity index is 3.58. The monoisotopic (exact) mass is 131 g/mol. The van der Waals surface area contributed by atoms with Crippen LogP contribution < -0.4 is 16.7 Å². The zero-order chi connectivity index (χ0) is 7.28. The summed E-state index contributed by atoms with van der Waals surface area (Å²) in [5.41, 5.74) is 5.21. The van der Waals surface area contributed by atoms with Crippen LogP contribution in [-0.4, -0.2) is 32.1 Å². The molecule has 0 rings (SSSR count). The van der Waals surface area contributed by atoms with Gasteiger partial charge in [-0.05, 0) is 0 Å². The summed E-state index contributed by atoms with van der Waals surface area (Å²) < 4.78 is 0. The minimum atomic E-state index is 0.542. The van der Waals surface area contributed by atoms with Crippen LogP contribution in [0.25, 0.3) is 0 Å². The maximum Gasteiger partial charge on any atom is 0.220 e. The van der Waals surface area contributed by atoms with Gasteiger partial charge in [-0.25, -0.2) is 10.9 Å². The second-order valence-electron chi connectivity index (χ2n) is 1.72. The van der Waals surface area contributed by atoms with Crippen molar-refractivity contribution in [1.82, 2.24) is 15.9 Å². The van der Waals surface area contributed by atoms with Gasteiger partial charge in [0.05, 0.1) is 0 Å². The van der Waals surface area contributed by atoms with Crippen molar-refractivity contribution in [2.45, 2.75) is 0 Å². The standard InChI is InChI=1S/C4H13N5/c1-6-4(7-5)8-9(2)3/h5H2,1-3H3,(H2,6,7,8). The van der Waals surface area contributed by atoms with E-state index >= 15 is 0 Å². The number of guanidine groups is 1. The number of hydrogen-bond donors (Lipinski definition) is 3. The number of nitrogens with two attached hydrogens (primary N) is 1. The Labute approximate surface area is 54.9 Å². The zero-order valence-electron chi connectivity index (χ0n) is 5.97. The van der Waals surface area contributed by atoms with Gasteiger partial charge in [0, 0.05) is 21.1 Å². The van der Waals surface area contributed by atoms with Gasteiger partial charge in [0.15, 0.2) is 0 Å². The Bertz CT molecular complexity index is 97.1. The van der Waals surface area contributed by atoms with Crippen molar-refractivity contribution < 1.29 is 0 Å². The molecule has 0 heterocycles. The molecule has 0 aliphatic rings. The molecule has 0 atom stereocenters. The lowest BCUT2D eigenvalue weighted by Crippen LogP contribution is -2.47. The summed E-state index contributed by atoms with van der Waals surface area (Å²) in [5, 5.41) is 1.74. The van der Waals surface area contributed by atoms with Crippen LogP contribution in [0.2, 0.25) is 0 Å². The molecule has 0 amide bonds. The third-order valence-corrected chi connectivity index (χ3v) is 0.690. The molecule has 0 aromatic heterocycles. The van der Waals surface area contributed by atoms with E-state index in [0.717, 1.165) is 0 Å². The van der Waals surface area contributed by atoms with E-state index in [1.165, 1.54) is 0 Å². The number of hydrogen-bond acceptors (Lipinski definition) is 3. The van der Waals surface area contributed by atoms with Gasteiger partial charge in [-0.3, -0.25) is 15.8 Å². The first kappa shape index (κ1) is 8.19.